The first-order valence-electron chi connectivity index (χ1n) is 8.16. The molecule has 0 saturated carbocycles. The zero-order valence-corrected chi connectivity index (χ0v) is 14.3. The van der Waals surface area contributed by atoms with Gasteiger partial charge >= 0.3 is 0 Å². The maximum Gasteiger partial charge on any atom is 0.191 e. The lowest BCUT2D eigenvalue weighted by molar-refractivity contribution is 0.322. The second kappa shape index (κ2) is 10.2. The summed E-state index contributed by atoms with van der Waals surface area (Å²) in [5.74, 6) is 2.50. The molecule has 2 rings (SSSR count). The van der Waals surface area contributed by atoms with Crippen molar-refractivity contribution in [1.82, 2.24) is 10.6 Å². The van der Waals surface area contributed by atoms with E-state index in [9.17, 15) is 0 Å². The fourth-order valence-corrected chi connectivity index (χ4v) is 2.17. The van der Waals surface area contributed by atoms with Crippen LogP contribution in [0.25, 0.3) is 0 Å². The molecule has 128 valence electrons. The number of nitrogens with zero attached hydrogens (tertiary/aromatic N) is 1. The van der Waals surface area contributed by atoms with Gasteiger partial charge in [0.2, 0.25) is 0 Å². The van der Waals surface area contributed by atoms with Crippen LogP contribution in [0.15, 0.2) is 59.6 Å². The van der Waals surface area contributed by atoms with Crippen LogP contribution in [-0.2, 0) is 6.54 Å². The van der Waals surface area contributed by atoms with Crippen LogP contribution in [0, 0.1) is 0 Å². The van der Waals surface area contributed by atoms with Crippen LogP contribution < -0.4 is 20.1 Å². The number of ether oxygens (including phenoxy) is 2. The van der Waals surface area contributed by atoms with Gasteiger partial charge in [-0.05, 0) is 36.8 Å². The molecule has 5 nitrogen and oxygen atoms in total. The van der Waals surface area contributed by atoms with E-state index in [0.717, 1.165) is 23.0 Å². The van der Waals surface area contributed by atoms with Crippen molar-refractivity contribution < 1.29 is 9.47 Å². The molecule has 0 fully saturated rings. The lowest BCUT2D eigenvalue weighted by Crippen LogP contribution is -2.38. The van der Waals surface area contributed by atoms with Crippen molar-refractivity contribution in [1.29, 1.82) is 0 Å². The average Bonchev–Trinajstić information content (AvgIpc) is 2.63. The Balaban J connectivity index is 1.71. The summed E-state index contributed by atoms with van der Waals surface area (Å²) in [5, 5.41) is 6.51. The SMILES string of the molecule is CCOc1cccc(CNC(=NC)NCCOc2ccccc2)c1. The van der Waals surface area contributed by atoms with Crippen LogP contribution >= 0.6 is 0 Å². The maximum absolute atomic E-state index is 5.64. The number of aliphatic imine (C=N–C) groups is 1. The first-order valence-corrected chi connectivity index (χ1v) is 8.16. The molecule has 0 aliphatic heterocycles. The Morgan fingerprint density at radius 2 is 1.75 bits per heavy atom. The van der Waals surface area contributed by atoms with Crippen molar-refractivity contribution in [3.63, 3.8) is 0 Å². The molecule has 0 amide bonds. The Morgan fingerprint density at radius 1 is 0.958 bits per heavy atom. The second-order valence-electron chi connectivity index (χ2n) is 5.09. The fourth-order valence-electron chi connectivity index (χ4n) is 2.17. The molecule has 0 aromatic heterocycles. The van der Waals surface area contributed by atoms with E-state index in [4.69, 9.17) is 9.47 Å². The number of hydrogen-bond donors (Lipinski definition) is 2. The number of benzene rings is 2. The molecule has 0 aliphatic rings. The summed E-state index contributed by atoms with van der Waals surface area (Å²) >= 11 is 0. The lowest BCUT2D eigenvalue weighted by Gasteiger charge is -2.13. The lowest BCUT2D eigenvalue weighted by atomic mass is 10.2. The molecule has 0 radical (unpaired) electrons. The van der Waals surface area contributed by atoms with E-state index in [0.29, 0.717) is 26.3 Å². The van der Waals surface area contributed by atoms with E-state index in [1.807, 2.05) is 55.5 Å². The molecule has 2 aromatic rings. The Morgan fingerprint density at radius 3 is 2.50 bits per heavy atom. The topological polar surface area (TPSA) is 54.9 Å². The Bertz CT molecular complexity index is 630. The smallest absolute Gasteiger partial charge is 0.191 e. The van der Waals surface area contributed by atoms with Crippen LogP contribution in [-0.4, -0.2) is 32.8 Å². The highest BCUT2D eigenvalue weighted by Gasteiger charge is 2.00. The predicted molar refractivity (Wildman–Crippen MR) is 97.7 cm³/mol. The summed E-state index contributed by atoms with van der Waals surface area (Å²) in [6, 6.07) is 17.8. The fraction of sp³-hybridized carbons (Fsp3) is 0.316. The van der Waals surface area contributed by atoms with E-state index >= 15 is 0 Å². The largest absolute Gasteiger partial charge is 0.494 e. The highest BCUT2D eigenvalue weighted by molar-refractivity contribution is 5.79. The number of para-hydroxylation sites is 1. The van der Waals surface area contributed by atoms with Gasteiger partial charge in [0.05, 0.1) is 13.2 Å². The van der Waals surface area contributed by atoms with Crippen molar-refractivity contribution in [2.75, 3.05) is 26.8 Å². The molecule has 0 spiro atoms. The summed E-state index contributed by atoms with van der Waals surface area (Å²) in [4.78, 5) is 4.21. The Kier molecular flexibility index (Phi) is 7.47. The van der Waals surface area contributed by atoms with E-state index < -0.39 is 0 Å². The van der Waals surface area contributed by atoms with E-state index in [1.165, 1.54) is 0 Å². The minimum absolute atomic E-state index is 0.574. The van der Waals surface area contributed by atoms with Gasteiger partial charge in [0, 0.05) is 13.6 Å². The van der Waals surface area contributed by atoms with Crippen molar-refractivity contribution in [2.45, 2.75) is 13.5 Å². The molecule has 0 heterocycles. The molecular formula is C19H25N3O2. The van der Waals surface area contributed by atoms with Gasteiger partial charge in [-0.1, -0.05) is 30.3 Å². The third kappa shape index (κ3) is 6.20. The molecule has 0 aliphatic carbocycles. The van der Waals surface area contributed by atoms with Gasteiger partial charge in [-0.3, -0.25) is 4.99 Å². The van der Waals surface area contributed by atoms with Crippen molar-refractivity contribution in [3.05, 3.63) is 60.2 Å². The van der Waals surface area contributed by atoms with Crippen molar-refractivity contribution in [2.24, 2.45) is 4.99 Å². The molecule has 2 aromatic carbocycles. The summed E-state index contributed by atoms with van der Waals surface area (Å²) in [6.45, 7) is 4.58. The van der Waals surface area contributed by atoms with Gasteiger partial charge in [0.1, 0.15) is 18.1 Å². The maximum atomic E-state index is 5.64. The molecular weight excluding hydrogens is 302 g/mol. The highest BCUT2D eigenvalue weighted by Crippen LogP contribution is 2.12. The number of hydrogen-bond acceptors (Lipinski definition) is 3. The average molecular weight is 327 g/mol. The van der Waals surface area contributed by atoms with Crippen molar-refractivity contribution >= 4 is 5.96 Å². The standard InChI is InChI=1S/C19H25N3O2/c1-3-23-18-11-7-8-16(14-18)15-22-19(20-2)21-12-13-24-17-9-5-4-6-10-17/h4-11,14H,3,12-13,15H2,1-2H3,(H2,20,21,22). The molecule has 0 unspecified atom stereocenters. The number of rotatable bonds is 8. The van der Waals surface area contributed by atoms with E-state index in [-0.39, 0.29) is 0 Å². The molecule has 0 saturated heterocycles. The van der Waals surface area contributed by atoms with Gasteiger partial charge in [-0.2, -0.15) is 0 Å². The first-order chi connectivity index (χ1) is 11.8. The van der Waals surface area contributed by atoms with Crippen LogP contribution in [0.5, 0.6) is 11.5 Å². The van der Waals surface area contributed by atoms with Crippen LogP contribution in [0.1, 0.15) is 12.5 Å². The summed E-state index contributed by atoms with van der Waals surface area (Å²) in [6.07, 6.45) is 0. The molecule has 0 bridgehead atoms. The minimum Gasteiger partial charge on any atom is -0.494 e. The predicted octanol–water partition coefficient (Wildman–Crippen LogP) is 2.83. The van der Waals surface area contributed by atoms with Crippen molar-refractivity contribution in [3.8, 4) is 11.5 Å². The summed E-state index contributed by atoms with van der Waals surface area (Å²) in [5.41, 5.74) is 1.14. The zero-order chi connectivity index (χ0) is 17.0. The summed E-state index contributed by atoms with van der Waals surface area (Å²) in [7, 11) is 1.75. The van der Waals surface area contributed by atoms with Gasteiger partial charge in [-0.25, -0.2) is 0 Å². The van der Waals surface area contributed by atoms with Gasteiger partial charge in [0.15, 0.2) is 5.96 Å². The van der Waals surface area contributed by atoms with E-state index in [2.05, 4.69) is 21.7 Å². The Hall–Kier alpha value is -2.69. The number of guanidine groups is 1. The van der Waals surface area contributed by atoms with Crippen LogP contribution in [0.2, 0.25) is 0 Å². The molecule has 24 heavy (non-hydrogen) atoms. The normalized spacial score (nSPS) is 11.0. The van der Waals surface area contributed by atoms with Gasteiger partial charge in [-0.15, -0.1) is 0 Å². The first kappa shape index (κ1) is 17.7. The second-order valence-corrected chi connectivity index (χ2v) is 5.09. The van der Waals surface area contributed by atoms with Crippen LogP contribution in [0.3, 0.4) is 0 Å². The molecule has 2 N–H and O–H groups in total. The summed E-state index contributed by atoms with van der Waals surface area (Å²) < 4.78 is 11.2. The monoisotopic (exact) mass is 327 g/mol. The minimum atomic E-state index is 0.574. The van der Waals surface area contributed by atoms with Crippen LogP contribution in [0.4, 0.5) is 0 Å². The molecule has 5 heteroatoms. The van der Waals surface area contributed by atoms with Gasteiger partial charge < -0.3 is 20.1 Å². The Labute approximate surface area is 143 Å². The quantitative estimate of drug-likeness (QED) is 0.445. The molecule has 0 atom stereocenters. The number of nitrogens with one attached hydrogen (secondary N) is 2. The zero-order valence-electron chi connectivity index (χ0n) is 14.3. The van der Waals surface area contributed by atoms with Gasteiger partial charge in [0.25, 0.3) is 0 Å². The third-order valence-corrected chi connectivity index (χ3v) is 3.30. The highest BCUT2D eigenvalue weighted by atomic mass is 16.5. The van der Waals surface area contributed by atoms with E-state index in [1.54, 1.807) is 7.05 Å². The third-order valence-electron chi connectivity index (χ3n) is 3.30.